The van der Waals surface area contributed by atoms with Crippen molar-refractivity contribution >= 4 is 17.4 Å². The number of hydrogen-bond donors (Lipinski definition) is 1. The number of benzene rings is 3. The lowest BCUT2D eigenvalue weighted by Crippen LogP contribution is -2.61. The molecule has 2 aliphatic heterocycles. The fraction of sp³-hybridized carbons (Fsp3) is 0.436. The third kappa shape index (κ3) is 8.04. The highest BCUT2D eigenvalue weighted by Gasteiger charge is 2.39. The smallest absolute Gasteiger partial charge is 0.251 e. The molecule has 0 aliphatic carbocycles. The second-order valence-electron chi connectivity index (χ2n) is 13.8. The molecular weight excluding hydrogens is 558 g/mol. The van der Waals surface area contributed by atoms with E-state index in [0.29, 0.717) is 32.7 Å². The molecule has 6 nitrogen and oxygen atoms in total. The zero-order chi connectivity index (χ0) is 32.1. The van der Waals surface area contributed by atoms with Crippen molar-refractivity contribution in [2.45, 2.75) is 77.8 Å². The minimum atomic E-state index is -0.180. The summed E-state index contributed by atoms with van der Waals surface area (Å²) < 4.78 is 6.14. The van der Waals surface area contributed by atoms with Crippen LogP contribution in [0.3, 0.4) is 0 Å². The number of carbonyl (C=O) groups excluding carboxylic acids is 2. The van der Waals surface area contributed by atoms with Crippen LogP contribution in [0, 0.1) is 6.92 Å². The number of ether oxygens (including phenoxy) is 1. The van der Waals surface area contributed by atoms with Gasteiger partial charge in [-0.3, -0.25) is 9.59 Å². The number of nitrogens with zero attached hydrogens (tertiary/aromatic N) is 2. The number of likely N-dealkylation sites (N-methyl/N-ethyl adjacent to an activating group) is 1. The summed E-state index contributed by atoms with van der Waals surface area (Å²) in [6.07, 6.45) is 3.36. The van der Waals surface area contributed by atoms with Crippen LogP contribution in [0.15, 0.2) is 78.4 Å². The van der Waals surface area contributed by atoms with Crippen LogP contribution in [0.5, 0.6) is 5.75 Å². The predicted octanol–water partition coefficient (Wildman–Crippen LogP) is 6.35. The van der Waals surface area contributed by atoms with E-state index in [0.717, 1.165) is 41.7 Å². The summed E-state index contributed by atoms with van der Waals surface area (Å²) in [7, 11) is 1.89. The second kappa shape index (κ2) is 14.0. The summed E-state index contributed by atoms with van der Waals surface area (Å²) in [5.41, 5.74) is 8.08. The fourth-order valence-corrected chi connectivity index (χ4v) is 6.48. The van der Waals surface area contributed by atoms with E-state index in [2.05, 4.69) is 87.6 Å². The molecule has 45 heavy (non-hydrogen) atoms. The fourth-order valence-electron chi connectivity index (χ4n) is 6.48. The average molecular weight is 608 g/mol. The van der Waals surface area contributed by atoms with Gasteiger partial charge in [0.05, 0.1) is 12.6 Å². The molecular formula is C39H49N3O3. The first-order chi connectivity index (χ1) is 21.5. The SMILES string of the molecule is CC(=O)N1CC2CC(c3ccc(CCCOc4ccc(C(C)(C)C)cc4C)cc3)=C(C(=O)N(C)CCc3ccccc3)[C@@H](C1)N2. The van der Waals surface area contributed by atoms with Gasteiger partial charge in [-0.25, -0.2) is 0 Å². The Morgan fingerprint density at radius 3 is 2.33 bits per heavy atom. The lowest BCUT2D eigenvalue weighted by atomic mass is 9.82. The Kier molecular flexibility index (Phi) is 10.1. The Morgan fingerprint density at radius 2 is 1.67 bits per heavy atom. The van der Waals surface area contributed by atoms with Gasteiger partial charge in [0.1, 0.15) is 5.75 Å². The Balaban J connectivity index is 1.27. The molecule has 2 aliphatic rings. The lowest BCUT2D eigenvalue weighted by molar-refractivity contribution is -0.132. The zero-order valence-electron chi connectivity index (χ0n) is 27.9. The molecule has 2 amide bonds. The highest BCUT2D eigenvalue weighted by Crippen LogP contribution is 2.34. The Morgan fingerprint density at radius 1 is 0.956 bits per heavy atom. The monoisotopic (exact) mass is 607 g/mol. The third-order valence-electron chi connectivity index (χ3n) is 9.22. The molecule has 1 fully saturated rings. The van der Waals surface area contributed by atoms with Crippen molar-refractivity contribution < 1.29 is 14.3 Å². The number of fused-ring (bicyclic) bond motifs is 2. The van der Waals surface area contributed by atoms with Crippen LogP contribution in [-0.2, 0) is 27.8 Å². The Bertz CT molecular complexity index is 1520. The molecule has 1 unspecified atom stereocenters. The number of aryl methyl sites for hydroxylation is 2. The van der Waals surface area contributed by atoms with Crippen molar-refractivity contribution in [1.29, 1.82) is 0 Å². The van der Waals surface area contributed by atoms with Gasteiger partial charge in [0.2, 0.25) is 5.91 Å². The van der Waals surface area contributed by atoms with Crippen LogP contribution in [0.1, 0.15) is 68.4 Å². The van der Waals surface area contributed by atoms with Gasteiger partial charge in [-0.15, -0.1) is 0 Å². The van der Waals surface area contributed by atoms with Gasteiger partial charge < -0.3 is 19.9 Å². The maximum Gasteiger partial charge on any atom is 0.251 e. The van der Waals surface area contributed by atoms with Crippen LogP contribution >= 0.6 is 0 Å². The van der Waals surface area contributed by atoms with Crippen molar-refractivity contribution in [3.63, 3.8) is 0 Å². The van der Waals surface area contributed by atoms with Gasteiger partial charge in [-0.05, 0) is 77.5 Å². The van der Waals surface area contributed by atoms with Gasteiger partial charge in [0.25, 0.3) is 5.91 Å². The van der Waals surface area contributed by atoms with E-state index >= 15 is 0 Å². The van der Waals surface area contributed by atoms with Crippen LogP contribution < -0.4 is 10.1 Å². The molecule has 2 heterocycles. The van der Waals surface area contributed by atoms with Crippen LogP contribution in [-0.4, -0.2) is 67.0 Å². The quantitative estimate of drug-likeness (QED) is 0.273. The van der Waals surface area contributed by atoms with Gasteiger partial charge in [0.15, 0.2) is 0 Å². The molecule has 3 aromatic carbocycles. The highest BCUT2D eigenvalue weighted by atomic mass is 16.5. The average Bonchev–Trinajstić information content (AvgIpc) is 3.02. The first-order valence-electron chi connectivity index (χ1n) is 16.4. The van der Waals surface area contributed by atoms with Crippen LogP contribution in [0.2, 0.25) is 0 Å². The number of hydrogen-bond acceptors (Lipinski definition) is 4. The molecule has 1 N–H and O–H groups in total. The van der Waals surface area contributed by atoms with Crippen LogP contribution in [0.4, 0.5) is 0 Å². The molecule has 238 valence electrons. The molecule has 2 bridgehead atoms. The van der Waals surface area contributed by atoms with Crippen LogP contribution in [0.25, 0.3) is 5.57 Å². The van der Waals surface area contributed by atoms with Gasteiger partial charge in [-0.1, -0.05) is 87.5 Å². The van der Waals surface area contributed by atoms with E-state index in [1.54, 1.807) is 6.92 Å². The zero-order valence-corrected chi connectivity index (χ0v) is 27.9. The van der Waals surface area contributed by atoms with Crippen molar-refractivity contribution in [3.8, 4) is 5.75 Å². The summed E-state index contributed by atoms with van der Waals surface area (Å²) in [4.78, 5) is 30.1. The molecule has 0 aromatic heterocycles. The third-order valence-corrected chi connectivity index (χ3v) is 9.22. The summed E-state index contributed by atoms with van der Waals surface area (Å²) in [6, 6.07) is 25.4. The normalized spacial score (nSPS) is 18.1. The molecule has 3 aromatic rings. The second-order valence-corrected chi connectivity index (χ2v) is 13.8. The first-order valence-corrected chi connectivity index (χ1v) is 16.4. The lowest BCUT2D eigenvalue weighted by Gasteiger charge is -2.44. The van der Waals surface area contributed by atoms with Gasteiger partial charge in [-0.2, -0.15) is 0 Å². The number of nitrogens with one attached hydrogen (secondary N) is 1. The number of amides is 2. The van der Waals surface area contributed by atoms with E-state index in [1.807, 2.05) is 35.0 Å². The number of rotatable bonds is 10. The van der Waals surface area contributed by atoms with E-state index in [1.165, 1.54) is 22.3 Å². The summed E-state index contributed by atoms with van der Waals surface area (Å²) >= 11 is 0. The van der Waals surface area contributed by atoms with E-state index in [9.17, 15) is 9.59 Å². The topological polar surface area (TPSA) is 61.9 Å². The minimum Gasteiger partial charge on any atom is -0.493 e. The highest BCUT2D eigenvalue weighted by molar-refractivity contribution is 6.03. The number of piperazine rings is 1. The molecule has 0 spiro atoms. The predicted molar refractivity (Wildman–Crippen MR) is 182 cm³/mol. The summed E-state index contributed by atoms with van der Waals surface area (Å²) in [5.74, 6) is 1.05. The van der Waals surface area contributed by atoms with Gasteiger partial charge in [0, 0.05) is 45.2 Å². The first kappa shape index (κ1) is 32.5. The largest absolute Gasteiger partial charge is 0.493 e. The Labute approximate surface area is 269 Å². The summed E-state index contributed by atoms with van der Waals surface area (Å²) in [6.45, 7) is 12.9. The number of carbonyl (C=O) groups is 2. The maximum absolute atomic E-state index is 14.0. The molecule has 0 radical (unpaired) electrons. The summed E-state index contributed by atoms with van der Waals surface area (Å²) in [5, 5.41) is 3.66. The van der Waals surface area contributed by atoms with Crippen molar-refractivity contribution in [1.82, 2.24) is 15.1 Å². The minimum absolute atomic E-state index is 0.0364. The molecule has 1 saturated heterocycles. The maximum atomic E-state index is 14.0. The molecule has 5 rings (SSSR count). The molecule has 0 saturated carbocycles. The molecule has 6 heteroatoms. The van der Waals surface area contributed by atoms with E-state index < -0.39 is 0 Å². The standard InChI is InChI=1S/C39H49N3O3/c1-27-23-32(39(3,4)5)18-19-36(27)45-22-10-13-30-14-16-31(17-15-30)34-24-33-25-42(28(2)43)26-35(40-33)37(34)38(44)41(6)21-20-29-11-8-7-9-12-29/h7-9,11-12,14-19,23,33,35,40H,10,13,20-22,24-26H2,1-6H3/t33?,35-/m1/s1. The van der Waals surface area contributed by atoms with Crippen molar-refractivity contribution in [2.75, 3.05) is 33.3 Å². The van der Waals surface area contributed by atoms with E-state index in [4.69, 9.17) is 4.74 Å². The van der Waals surface area contributed by atoms with E-state index in [-0.39, 0.29) is 29.3 Å². The Hall–Kier alpha value is -3.90. The molecule has 2 atom stereocenters. The van der Waals surface area contributed by atoms with Crippen molar-refractivity contribution in [3.05, 3.63) is 106 Å². The van der Waals surface area contributed by atoms with Gasteiger partial charge >= 0.3 is 0 Å². The van der Waals surface area contributed by atoms with Crippen molar-refractivity contribution in [2.24, 2.45) is 0 Å².